The van der Waals surface area contributed by atoms with Crippen LogP contribution in [0.15, 0.2) is 36.4 Å². The Balaban J connectivity index is 2.30. The van der Waals surface area contributed by atoms with Gasteiger partial charge in [0.2, 0.25) is 0 Å². The van der Waals surface area contributed by atoms with Gasteiger partial charge in [0.25, 0.3) is 5.91 Å². The molecule has 0 aliphatic heterocycles. The Hall–Kier alpha value is -1.87. The first-order valence-electron chi connectivity index (χ1n) is 5.58. The van der Waals surface area contributed by atoms with Gasteiger partial charge in [-0.2, -0.15) is 0 Å². The Morgan fingerprint density at radius 2 is 1.89 bits per heavy atom. The molecule has 0 aliphatic carbocycles. The second-order valence-electron chi connectivity index (χ2n) is 4.03. The smallest absolute Gasteiger partial charge is 0.259 e. The standard InChI is InChI=1S/C14H13ClN2O/c1-9-8-12(15)13(10(2)16-9)14(18)17-11-6-4-3-5-7-11/h3-8H,1-2H3,(H,17,18). The molecule has 0 fully saturated rings. The fourth-order valence-corrected chi connectivity index (χ4v) is 2.15. The van der Waals surface area contributed by atoms with Gasteiger partial charge in [0.05, 0.1) is 16.3 Å². The molecule has 0 atom stereocenters. The summed E-state index contributed by atoms with van der Waals surface area (Å²) in [6.07, 6.45) is 0. The molecule has 0 radical (unpaired) electrons. The predicted octanol–water partition coefficient (Wildman–Crippen LogP) is 3.60. The number of pyridine rings is 1. The topological polar surface area (TPSA) is 42.0 Å². The molecular formula is C14H13ClN2O. The van der Waals surface area contributed by atoms with Crippen molar-refractivity contribution in [1.82, 2.24) is 4.98 Å². The Morgan fingerprint density at radius 3 is 2.50 bits per heavy atom. The molecule has 92 valence electrons. The van der Waals surface area contributed by atoms with E-state index in [0.717, 1.165) is 11.4 Å². The van der Waals surface area contributed by atoms with E-state index in [1.54, 1.807) is 13.0 Å². The van der Waals surface area contributed by atoms with Crippen LogP contribution in [0.3, 0.4) is 0 Å². The maximum atomic E-state index is 12.1. The number of nitrogens with zero attached hydrogens (tertiary/aromatic N) is 1. The van der Waals surface area contributed by atoms with E-state index in [0.29, 0.717) is 16.3 Å². The van der Waals surface area contributed by atoms with Crippen LogP contribution in [0.2, 0.25) is 5.02 Å². The molecule has 0 bridgehead atoms. The third-order valence-electron chi connectivity index (χ3n) is 2.54. The molecule has 1 aromatic heterocycles. The number of carbonyl (C=O) groups excluding carboxylic acids is 1. The third-order valence-corrected chi connectivity index (χ3v) is 2.84. The van der Waals surface area contributed by atoms with Crippen LogP contribution in [-0.4, -0.2) is 10.9 Å². The highest BCUT2D eigenvalue weighted by Gasteiger charge is 2.15. The zero-order valence-corrected chi connectivity index (χ0v) is 11.0. The van der Waals surface area contributed by atoms with Gasteiger partial charge in [-0.25, -0.2) is 0 Å². The quantitative estimate of drug-likeness (QED) is 0.896. The number of carbonyl (C=O) groups is 1. The fraction of sp³-hybridized carbons (Fsp3) is 0.143. The van der Waals surface area contributed by atoms with Crippen LogP contribution in [0.25, 0.3) is 0 Å². The average molecular weight is 261 g/mol. The molecule has 0 saturated heterocycles. The summed E-state index contributed by atoms with van der Waals surface area (Å²) in [5, 5.41) is 3.22. The van der Waals surface area contributed by atoms with E-state index in [9.17, 15) is 4.79 Å². The Kier molecular flexibility index (Phi) is 3.63. The van der Waals surface area contributed by atoms with E-state index >= 15 is 0 Å². The highest BCUT2D eigenvalue weighted by atomic mass is 35.5. The maximum Gasteiger partial charge on any atom is 0.259 e. The lowest BCUT2D eigenvalue weighted by molar-refractivity contribution is 0.102. The number of hydrogen-bond acceptors (Lipinski definition) is 2. The van der Waals surface area contributed by atoms with Crippen LogP contribution in [0.4, 0.5) is 5.69 Å². The number of aryl methyl sites for hydroxylation is 2. The van der Waals surface area contributed by atoms with E-state index in [1.807, 2.05) is 37.3 Å². The number of halogens is 1. The normalized spacial score (nSPS) is 10.2. The Bertz CT molecular complexity index is 559. The number of para-hydroxylation sites is 1. The lowest BCUT2D eigenvalue weighted by atomic mass is 10.1. The first-order valence-corrected chi connectivity index (χ1v) is 5.96. The van der Waals surface area contributed by atoms with Gasteiger partial charge in [0, 0.05) is 11.4 Å². The van der Waals surface area contributed by atoms with Crippen molar-refractivity contribution in [3.63, 3.8) is 0 Å². The number of benzene rings is 1. The minimum Gasteiger partial charge on any atom is -0.322 e. The zero-order valence-electron chi connectivity index (χ0n) is 10.2. The number of amides is 1. The molecule has 4 heteroatoms. The Labute approximate surface area is 111 Å². The zero-order chi connectivity index (χ0) is 13.1. The van der Waals surface area contributed by atoms with Crippen LogP contribution < -0.4 is 5.32 Å². The summed E-state index contributed by atoms with van der Waals surface area (Å²) in [7, 11) is 0. The van der Waals surface area contributed by atoms with Crippen molar-refractivity contribution in [1.29, 1.82) is 0 Å². The van der Waals surface area contributed by atoms with E-state index in [2.05, 4.69) is 10.3 Å². The summed E-state index contributed by atoms with van der Waals surface area (Å²) in [5.41, 5.74) is 2.59. The van der Waals surface area contributed by atoms with Gasteiger partial charge in [0.1, 0.15) is 0 Å². The lowest BCUT2D eigenvalue weighted by Gasteiger charge is -2.09. The molecule has 1 heterocycles. The minimum absolute atomic E-state index is 0.240. The molecule has 0 saturated carbocycles. The summed E-state index contributed by atoms with van der Waals surface area (Å²) in [6.45, 7) is 3.62. The number of anilines is 1. The SMILES string of the molecule is Cc1cc(Cl)c(C(=O)Nc2ccccc2)c(C)n1. The maximum absolute atomic E-state index is 12.1. The molecule has 2 rings (SSSR count). The van der Waals surface area contributed by atoms with Crippen LogP contribution >= 0.6 is 11.6 Å². The second-order valence-corrected chi connectivity index (χ2v) is 4.43. The van der Waals surface area contributed by atoms with E-state index in [-0.39, 0.29) is 5.91 Å². The van der Waals surface area contributed by atoms with Crippen molar-refractivity contribution in [2.24, 2.45) is 0 Å². The minimum atomic E-state index is -0.240. The van der Waals surface area contributed by atoms with Gasteiger partial charge >= 0.3 is 0 Å². The molecule has 1 N–H and O–H groups in total. The molecule has 0 aliphatic rings. The van der Waals surface area contributed by atoms with Gasteiger partial charge < -0.3 is 5.32 Å². The van der Waals surface area contributed by atoms with Crippen LogP contribution in [-0.2, 0) is 0 Å². The molecule has 2 aromatic rings. The van der Waals surface area contributed by atoms with E-state index in [4.69, 9.17) is 11.6 Å². The Morgan fingerprint density at radius 1 is 1.22 bits per heavy atom. The summed E-state index contributed by atoms with van der Waals surface area (Å²) in [6, 6.07) is 10.9. The largest absolute Gasteiger partial charge is 0.322 e. The fourth-order valence-electron chi connectivity index (χ4n) is 1.77. The monoisotopic (exact) mass is 260 g/mol. The summed E-state index contributed by atoms with van der Waals surface area (Å²) < 4.78 is 0. The van der Waals surface area contributed by atoms with Gasteiger partial charge in [-0.3, -0.25) is 9.78 Å². The van der Waals surface area contributed by atoms with Crippen molar-refractivity contribution in [3.8, 4) is 0 Å². The molecule has 1 amide bonds. The molecule has 0 spiro atoms. The molecule has 1 aromatic carbocycles. The van der Waals surface area contributed by atoms with E-state index in [1.165, 1.54) is 0 Å². The van der Waals surface area contributed by atoms with E-state index < -0.39 is 0 Å². The van der Waals surface area contributed by atoms with Crippen molar-refractivity contribution in [3.05, 3.63) is 58.4 Å². The molecule has 3 nitrogen and oxygen atoms in total. The third kappa shape index (κ3) is 2.68. The van der Waals surface area contributed by atoms with Gasteiger partial charge in [-0.05, 0) is 32.0 Å². The molecular weight excluding hydrogens is 248 g/mol. The van der Waals surface area contributed by atoms with Crippen molar-refractivity contribution >= 4 is 23.2 Å². The first-order chi connectivity index (χ1) is 8.58. The molecule has 18 heavy (non-hydrogen) atoms. The number of hydrogen-bond donors (Lipinski definition) is 1. The van der Waals surface area contributed by atoms with Crippen molar-refractivity contribution in [2.75, 3.05) is 5.32 Å². The van der Waals surface area contributed by atoms with Gasteiger partial charge in [-0.1, -0.05) is 29.8 Å². The summed E-state index contributed by atoms with van der Waals surface area (Å²) in [5.74, 6) is -0.240. The molecule has 0 unspecified atom stereocenters. The average Bonchev–Trinajstić information content (AvgIpc) is 2.28. The predicted molar refractivity (Wildman–Crippen MR) is 73.1 cm³/mol. The highest BCUT2D eigenvalue weighted by Crippen LogP contribution is 2.21. The van der Waals surface area contributed by atoms with Gasteiger partial charge in [0.15, 0.2) is 0 Å². The summed E-state index contributed by atoms with van der Waals surface area (Å²) >= 11 is 6.10. The summed E-state index contributed by atoms with van der Waals surface area (Å²) in [4.78, 5) is 16.4. The number of aromatic nitrogens is 1. The van der Waals surface area contributed by atoms with Crippen molar-refractivity contribution in [2.45, 2.75) is 13.8 Å². The highest BCUT2D eigenvalue weighted by molar-refractivity contribution is 6.34. The van der Waals surface area contributed by atoms with Crippen LogP contribution in [0.5, 0.6) is 0 Å². The lowest BCUT2D eigenvalue weighted by Crippen LogP contribution is -2.15. The number of rotatable bonds is 2. The number of nitrogens with one attached hydrogen (secondary N) is 1. The van der Waals surface area contributed by atoms with Gasteiger partial charge in [-0.15, -0.1) is 0 Å². The van der Waals surface area contributed by atoms with Crippen molar-refractivity contribution < 1.29 is 4.79 Å². The van der Waals surface area contributed by atoms with Crippen LogP contribution in [0, 0.1) is 13.8 Å². The van der Waals surface area contributed by atoms with Crippen LogP contribution in [0.1, 0.15) is 21.7 Å². The second kappa shape index (κ2) is 5.19. The first kappa shape index (κ1) is 12.6.